The molecular formula is C22H29N5O5. The molecule has 1 aromatic carbocycles. The fourth-order valence-electron chi connectivity index (χ4n) is 3.69. The third kappa shape index (κ3) is 5.64. The van der Waals surface area contributed by atoms with Gasteiger partial charge in [0.2, 0.25) is 17.7 Å². The first-order chi connectivity index (χ1) is 15.3. The number of carbonyl (C=O) groups is 4. The molecule has 2 heterocycles. The minimum absolute atomic E-state index is 0.152. The Bertz CT molecular complexity index is 998. The number of H-pyrrole nitrogens is 1. The van der Waals surface area contributed by atoms with Crippen molar-refractivity contribution in [2.24, 2.45) is 0 Å². The van der Waals surface area contributed by atoms with Crippen LogP contribution >= 0.6 is 0 Å². The molecule has 1 fully saturated rings. The number of carboxylic acids is 1. The molecule has 2 aromatic rings. The molecule has 4 unspecified atom stereocenters. The van der Waals surface area contributed by atoms with Gasteiger partial charge in [0.25, 0.3) is 0 Å². The molecule has 1 aliphatic rings. The summed E-state index contributed by atoms with van der Waals surface area (Å²) < 4.78 is 0. The number of aromatic nitrogens is 1. The minimum atomic E-state index is -1.18. The maximum atomic E-state index is 12.8. The summed E-state index contributed by atoms with van der Waals surface area (Å²) in [4.78, 5) is 52.2. The second-order valence-electron chi connectivity index (χ2n) is 8.07. The van der Waals surface area contributed by atoms with Crippen LogP contribution in [0.5, 0.6) is 0 Å². The first-order valence-electron chi connectivity index (χ1n) is 10.7. The van der Waals surface area contributed by atoms with E-state index < -0.39 is 35.9 Å². The maximum absolute atomic E-state index is 12.8. The van der Waals surface area contributed by atoms with Gasteiger partial charge in [0, 0.05) is 23.5 Å². The summed E-state index contributed by atoms with van der Waals surface area (Å²) >= 11 is 0. The van der Waals surface area contributed by atoms with Crippen LogP contribution in [0.25, 0.3) is 10.9 Å². The van der Waals surface area contributed by atoms with E-state index in [1.807, 2.05) is 24.3 Å². The van der Waals surface area contributed by atoms with Gasteiger partial charge in [-0.05, 0) is 44.9 Å². The van der Waals surface area contributed by atoms with Crippen LogP contribution in [0, 0.1) is 0 Å². The average Bonchev–Trinajstić information content (AvgIpc) is 3.43. The molecule has 0 bridgehead atoms. The van der Waals surface area contributed by atoms with Crippen molar-refractivity contribution in [1.82, 2.24) is 26.3 Å². The van der Waals surface area contributed by atoms with Crippen LogP contribution in [0.3, 0.4) is 0 Å². The third-order valence-corrected chi connectivity index (χ3v) is 5.59. The highest BCUT2D eigenvalue weighted by Crippen LogP contribution is 2.19. The van der Waals surface area contributed by atoms with Crippen LogP contribution in [0.4, 0.5) is 0 Å². The van der Waals surface area contributed by atoms with Crippen molar-refractivity contribution in [2.45, 2.75) is 57.3 Å². The van der Waals surface area contributed by atoms with Gasteiger partial charge in [-0.1, -0.05) is 18.2 Å². The Morgan fingerprint density at radius 3 is 2.50 bits per heavy atom. The predicted octanol–water partition coefficient (Wildman–Crippen LogP) is 0.0412. The number of rotatable bonds is 9. The highest BCUT2D eigenvalue weighted by molar-refractivity contribution is 5.94. The average molecular weight is 444 g/mol. The molecule has 10 heteroatoms. The molecule has 3 rings (SSSR count). The number of fused-ring (bicyclic) bond motifs is 1. The molecule has 1 aliphatic heterocycles. The lowest BCUT2D eigenvalue weighted by molar-refractivity contribution is -0.141. The first kappa shape index (κ1) is 23.3. The van der Waals surface area contributed by atoms with Gasteiger partial charge in [-0.3, -0.25) is 19.2 Å². The third-order valence-electron chi connectivity index (χ3n) is 5.59. The van der Waals surface area contributed by atoms with Crippen molar-refractivity contribution in [2.75, 3.05) is 6.54 Å². The Hall–Kier alpha value is -3.40. The molecule has 3 amide bonds. The number of nitrogens with one attached hydrogen (secondary N) is 5. The van der Waals surface area contributed by atoms with Crippen molar-refractivity contribution in [3.05, 3.63) is 36.0 Å². The second-order valence-corrected chi connectivity index (χ2v) is 8.07. The van der Waals surface area contributed by atoms with Crippen LogP contribution < -0.4 is 21.3 Å². The van der Waals surface area contributed by atoms with E-state index in [9.17, 15) is 19.2 Å². The standard InChI is InChI=1S/C22H29N5O5/c1-12(25-20(29)17-8-5-9-23-17)19(28)27-18(21(30)26-13(2)22(31)32)10-14-11-24-16-7-4-3-6-15(14)16/h3-4,6-7,11-13,17-18,23-24H,5,8-10H2,1-2H3,(H,25,29)(H,26,30)(H,27,28)(H,31,32). The van der Waals surface area contributed by atoms with Crippen LogP contribution in [0.1, 0.15) is 32.3 Å². The normalized spacial score (nSPS) is 18.5. The number of aromatic amines is 1. The molecule has 172 valence electrons. The topological polar surface area (TPSA) is 152 Å². The molecule has 0 saturated carbocycles. The van der Waals surface area contributed by atoms with Gasteiger partial charge in [-0.25, -0.2) is 0 Å². The van der Waals surface area contributed by atoms with Gasteiger partial charge < -0.3 is 31.4 Å². The molecule has 0 spiro atoms. The summed E-state index contributed by atoms with van der Waals surface area (Å²) in [5, 5.41) is 20.8. The second kappa shape index (κ2) is 10.3. The van der Waals surface area contributed by atoms with Crippen molar-refractivity contribution in [1.29, 1.82) is 0 Å². The van der Waals surface area contributed by atoms with Gasteiger partial charge in [0.05, 0.1) is 6.04 Å². The number of hydrogen-bond donors (Lipinski definition) is 6. The summed E-state index contributed by atoms with van der Waals surface area (Å²) in [6.07, 6.45) is 3.51. The Morgan fingerprint density at radius 2 is 1.81 bits per heavy atom. The van der Waals surface area contributed by atoms with Gasteiger partial charge in [0.15, 0.2) is 0 Å². The largest absolute Gasteiger partial charge is 0.480 e. The number of hydrogen-bond acceptors (Lipinski definition) is 5. The minimum Gasteiger partial charge on any atom is -0.480 e. The predicted molar refractivity (Wildman–Crippen MR) is 118 cm³/mol. The van der Waals surface area contributed by atoms with Crippen LogP contribution in [-0.2, 0) is 25.6 Å². The van der Waals surface area contributed by atoms with Crippen molar-refractivity contribution >= 4 is 34.6 Å². The summed E-state index contributed by atoms with van der Waals surface area (Å²) in [5.41, 5.74) is 1.69. The number of aliphatic carboxylic acids is 1. The van der Waals surface area contributed by atoms with Crippen LogP contribution in [0.15, 0.2) is 30.5 Å². The fourth-order valence-corrected chi connectivity index (χ4v) is 3.69. The van der Waals surface area contributed by atoms with E-state index in [0.717, 1.165) is 29.4 Å². The van der Waals surface area contributed by atoms with E-state index in [4.69, 9.17) is 5.11 Å². The lowest BCUT2D eigenvalue weighted by atomic mass is 10.0. The van der Waals surface area contributed by atoms with Crippen LogP contribution in [-0.4, -0.2) is 64.5 Å². The highest BCUT2D eigenvalue weighted by Gasteiger charge is 2.29. The molecular weight excluding hydrogens is 414 g/mol. The molecule has 4 atom stereocenters. The zero-order valence-electron chi connectivity index (χ0n) is 18.1. The Balaban J connectivity index is 1.72. The molecule has 1 aromatic heterocycles. The molecule has 1 saturated heterocycles. The van der Waals surface area contributed by atoms with Gasteiger partial charge in [-0.15, -0.1) is 0 Å². The molecule has 0 radical (unpaired) electrons. The molecule has 32 heavy (non-hydrogen) atoms. The Morgan fingerprint density at radius 1 is 1.06 bits per heavy atom. The lowest BCUT2D eigenvalue weighted by Gasteiger charge is -2.23. The van der Waals surface area contributed by atoms with E-state index in [-0.39, 0.29) is 18.4 Å². The van der Waals surface area contributed by atoms with Crippen molar-refractivity contribution in [3.8, 4) is 0 Å². The lowest BCUT2D eigenvalue weighted by Crippen LogP contribution is -2.56. The van der Waals surface area contributed by atoms with Crippen molar-refractivity contribution < 1.29 is 24.3 Å². The highest BCUT2D eigenvalue weighted by atomic mass is 16.4. The summed E-state index contributed by atoms with van der Waals surface area (Å²) in [7, 11) is 0. The maximum Gasteiger partial charge on any atom is 0.325 e. The van der Waals surface area contributed by atoms with E-state index >= 15 is 0 Å². The Kier molecular flexibility index (Phi) is 7.47. The first-order valence-corrected chi connectivity index (χ1v) is 10.7. The zero-order valence-corrected chi connectivity index (χ0v) is 18.1. The van der Waals surface area contributed by atoms with Gasteiger partial charge in [-0.2, -0.15) is 0 Å². The Labute approximate surface area is 185 Å². The quantitative estimate of drug-likeness (QED) is 0.322. The smallest absolute Gasteiger partial charge is 0.325 e. The molecule has 10 nitrogen and oxygen atoms in total. The summed E-state index contributed by atoms with van der Waals surface area (Å²) in [5.74, 6) is -2.59. The van der Waals surface area contributed by atoms with E-state index in [2.05, 4.69) is 26.3 Å². The van der Waals surface area contributed by atoms with Gasteiger partial charge in [0.1, 0.15) is 18.1 Å². The number of carboxylic acid groups (broad SMARTS) is 1. The molecule has 6 N–H and O–H groups in total. The fraction of sp³-hybridized carbons (Fsp3) is 0.455. The van der Waals surface area contributed by atoms with Gasteiger partial charge >= 0.3 is 5.97 Å². The number of carbonyl (C=O) groups excluding carboxylic acids is 3. The summed E-state index contributed by atoms with van der Waals surface area (Å²) in [6, 6.07) is 4.22. The zero-order chi connectivity index (χ0) is 23.3. The van der Waals surface area contributed by atoms with E-state index in [1.54, 1.807) is 13.1 Å². The van der Waals surface area contributed by atoms with Crippen molar-refractivity contribution in [3.63, 3.8) is 0 Å². The number of para-hydroxylation sites is 1. The number of amides is 3. The van der Waals surface area contributed by atoms with E-state index in [1.165, 1.54) is 6.92 Å². The SMILES string of the molecule is CC(NC(=O)C(Cc1c[nH]c2ccccc12)NC(=O)C(C)NC(=O)C1CCCN1)C(=O)O. The molecule has 0 aliphatic carbocycles. The monoisotopic (exact) mass is 443 g/mol. The number of benzene rings is 1. The van der Waals surface area contributed by atoms with Crippen LogP contribution in [0.2, 0.25) is 0 Å². The van der Waals surface area contributed by atoms with E-state index in [0.29, 0.717) is 6.42 Å². The summed E-state index contributed by atoms with van der Waals surface area (Å²) in [6.45, 7) is 3.65.